The first kappa shape index (κ1) is 43.1. The van der Waals surface area contributed by atoms with Crippen molar-refractivity contribution >= 4 is 124 Å². The summed E-state index contributed by atoms with van der Waals surface area (Å²) < 4.78 is 65.0. The summed E-state index contributed by atoms with van der Waals surface area (Å²) in [6.45, 7) is 8.01. The van der Waals surface area contributed by atoms with Crippen LogP contribution in [0.2, 0.25) is 0 Å². The Kier molecular flexibility index (Phi) is 19.7. The molecule has 2 N–H and O–H groups in total. The SMILES string of the molecule is CCSc1cc(NCC(=O)SCCS(=O)(=O)[O-])cc(SCC)c1N=Nc1c(SCC)cc(NCC(=O)SCCS(=O)(=O)[O-])cc1SCC. The lowest BCUT2D eigenvalue weighted by atomic mass is 10.2. The number of benzene rings is 2. The van der Waals surface area contributed by atoms with E-state index >= 15 is 0 Å². The van der Waals surface area contributed by atoms with Gasteiger partial charge in [-0.25, -0.2) is 16.8 Å². The van der Waals surface area contributed by atoms with Gasteiger partial charge in [0, 0.05) is 54.0 Å². The van der Waals surface area contributed by atoms with Gasteiger partial charge in [0.05, 0.1) is 33.3 Å². The number of hydrogen-bond donors (Lipinski definition) is 2. The van der Waals surface area contributed by atoms with Crippen molar-refractivity contribution in [2.45, 2.75) is 47.3 Å². The Balaban J connectivity index is 2.37. The summed E-state index contributed by atoms with van der Waals surface area (Å²) in [5, 5.41) is 15.2. The average Bonchev–Trinajstić information content (AvgIpc) is 2.99. The molecule has 0 spiro atoms. The maximum atomic E-state index is 12.3. The third-order valence-electron chi connectivity index (χ3n) is 5.60. The summed E-state index contributed by atoms with van der Waals surface area (Å²) in [6, 6.07) is 7.61. The summed E-state index contributed by atoms with van der Waals surface area (Å²) in [5.74, 6) is 1.65. The van der Waals surface area contributed by atoms with Crippen LogP contribution in [0.3, 0.4) is 0 Å². The molecular formula is C28H38N4O8S8-2. The Hall–Kier alpha value is -1.10. The number of nitrogens with zero attached hydrogens (tertiary/aromatic N) is 2. The van der Waals surface area contributed by atoms with E-state index < -0.39 is 31.7 Å². The molecule has 0 unspecified atom stereocenters. The van der Waals surface area contributed by atoms with Crippen molar-refractivity contribution in [2.24, 2.45) is 10.2 Å². The van der Waals surface area contributed by atoms with Crippen LogP contribution in [0.4, 0.5) is 22.7 Å². The zero-order valence-corrected chi connectivity index (χ0v) is 33.3. The smallest absolute Gasteiger partial charge is 0.208 e. The molecule has 0 aromatic heterocycles. The number of azo groups is 1. The van der Waals surface area contributed by atoms with E-state index in [2.05, 4.69) is 10.6 Å². The Labute approximate surface area is 308 Å². The van der Waals surface area contributed by atoms with Crippen LogP contribution < -0.4 is 10.6 Å². The molecular weight excluding hydrogens is 777 g/mol. The van der Waals surface area contributed by atoms with Crippen LogP contribution in [0.15, 0.2) is 54.1 Å². The highest BCUT2D eigenvalue weighted by molar-refractivity contribution is 8.14. The number of nitrogens with one attached hydrogen (secondary N) is 2. The third kappa shape index (κ3) is 16.7. The van der Waals surface area contributed by atoms with E-state index in [-0.39, 0.29) is 34.8 Å². The van der Waals surface area contributed by atoms with Crippen LogP contribution in [0.1, 0.15) is 27.7 Å². The molecule has 0 heterocycles. The Bertz CT molecular complexity index is 1470. The molecule has 2 aromatic rings. The minimum atomic E-state index is -4.38. The fraction of sp³-hybridized carbons (Fsp3) is 0.500. The van der Waals surface area contributed by atoms with Gasteiger partial charge in [-0.05, 0) is 47.3 Å². The van der Waals surface area contributed by atoms with Crippen LogP contribution in [-0.2, 0) is 29.8 Å². The average molecular weight is 815 g/mol. The highest BCUT2D eigenvalue weighted by atomic mass is 32.2. The second-order valence-electron chi connectivity index (χ2n) is 9.25. The normalized spacial score (nSPS) is 12.0. The Morgan fingerprint density at radius 3 is 1.15 bits per heavy atom. The second-order valence-corrected chi connectivity index (χ2v) is 19.8. The van der Waals surface area contributed by atoms with E-state index in [1.807, 2.05) is 52.0 Å². The first-order valence-electron chi connectivity index (χ1n) is 14.6. The molecule has 0 aliphatic rings. The molecule has 48 heavy (non-hydrogen) atoms. The van der Waals surface area contributed by atoms with Crippen LogP contribution in [0.25, 0.3) is 0 Å². The lowest BCUT2D eigenvalue weighted by Gasteiger charge is -2.15. The predicted molar refractivity (Wildman–Crippen MR) is 204 cm³/mol. The number of hydrogen-bond acceptors (Lipinski definition) is 18. The number of rotatable bonds is 22. The molecule has 0 saturated heterocycles. The van der Waals surface area contributed by atoms with Crippen LogP contribution in [0, 0.1) is 0 Å². The summed E-state index contributed by atoms with van der Waals surface area (Å²) in [6.07, 6.45) is 0. The molecule has 20 heteroatoms. The van der Waals surface area contributed by atoms with Gasteiger partial charge >= 0.3 is 0 Å². The molecule has 0 amide bonds. The minimum Gasteiger partial charge on any atom is -0.748 e. The van der Waals surface area contributed by atoms with Crippen molar-refractivity contribution in [3.63, 3.8) is 0 Å². The summed E-state index contributed by atoms with van der Waals surface area (Å²) in [4.78, 5) is 28.1. The highest BCUT2D eigenvalue weighted by Crippen LogP contribution is 2.45. The van der Waals surface area contributed by atoms with Crippen LogP contribution in [-0.4, -0.2) is 95.3 Å². The molecule has 0 aliphatic carbocycles. The molecule has 2 rings (SSSR count). The van der Waals surface area contributed by atoms with Crippen LogP contribution >= 0.6 is 70.6 Å². The largest absolute Gasteiger partial charge is 0.748 e. The van der Waals surface area contributed by atoms with Gasteiger partial charge in [-0.2, -0.15) is 0 Å². The van der Waals surface area contributed by atoms with E-state index in [0.29, 0.717) is 22.7 Å². The number of anilines is 2. The highest BCUT2D eigenvalue weighted by Gasteiger charge is 2.16. The van der Waals surface area contributed by atoms with Gasteiger partial charge in [-0.15, -0.1) is 57.3 Å². The molecule has 0 radical (unpaired) electrons. The molecule has 2 aromatic carbocycles. The monoisotopic (exact) mass is 814 g/mol. The van der Waals surface area contributed by atoms with Gasteiger partial charge in [0.25, 0.3) is 0 Å². The van der Waals surface area contributed by atoms with E-state index in [9.17, 15) is 35.5 Å². The van der Waals surface area contributed by atoms with Crippen molar-refractivity contribution in [1.29, 1.82) is 0 Å². The minimum absolute atomic E-state index is 0.0428. The molecule has 0 bridgehead atoms. The molecule has 268 valence electrons. The Morgan fingerprint density at radius 2 is 0.896 bits per heavy atom. The van der Waals surface area contributed by atoms with Gasteiger partial charge in [0.1, 0.15) is 11.4 Å². The summed E-state index contributed by atoms with van der Waals surface area (Å²) in [7, 11) is -8.76. The third-order valence-corrected chi connectivity index (χ3v) is 12.9. The maximum absolute atomic E-state index is 12.3. The van der Waals surface area contributed by atoms with Gasteiger partial charge in [-0.3, -0.25) is 9.59 Å². The Morgan fingerprint density at radius 1 is 0.604 bits per heavy atom. The summed E-state index contributed by atoms with van der Waals surface area (Å²) in [5.41, 5.74) is 2.80. The standard InChI is InChI=1S/C28H40N4O8S8/c1-5-41-21-13-19(29-17-25(33)45-9-11-47(35,36)37)14-22(42-6-2)27(21)31-32-28-23(43-7-3)15-20(16-24(28)44-8-4)30-18-26(34)46-10-12-48(38,39)40/h13-16,29-30H,5-12,17-18H2,1-4H3,(H,35,36,37)(H,38,39,40)/p-2. The van der Waals surface area contributed by atoms with E-state index in [0.717, 1.165) is 66.1 Å². The van der Waals surface area contributed by atoms with E-state index in [1.54, 1.807) is 47.0 Å². The van der Waals surface area contributed by atoms with E-state index in [4.69, 9.17) is 10.2 Å². The maximum Gasteiger partial charge on any atom is 0.208 e. The number of thioether (sulfide) groups is 6. The second kappa shape index (κ2) is 22.0. The van der Waals surface area contributed by atoms with Crippen molar-refractivity contribution in [1.82, 2.24) is 0 Å². The van der Waals surface area contributed by atoms with Gasteiger partial charge in [0.2, 0.25) is 10.2 Å². The molecule has 0 saturated carbocycles. The quantitative estimate of drug-likeness (QED) is 0.0700. The van der Waals surface area contributed by atoms with E-state index in [1.165, 1.54) is 0 Å². The number of carbonyl (C=O) groups is 2. The lowest BCUT2D eigenvalue weighted by Crippen LogP contribution is -2.14. The zero-order valence-electron chi connectivity index (χ0n) is 26.8. The molecule has 0 atom stereocenters. The van der Waals surface area contributed by atoms with Crippen molar-refractivity contribution in [3.8, 4) is 0 Å². The fourth-order valence-corrected chi connectivity index (χ4v) is 10.2. The van der Waals surface area contributed by atoms with Crippen molar-refractivity contribution < 1.29 is 35.5 Å². The van der Waals surface area contributed by atoms with Gasteiger partial charge in [-0.1, -0.05) is 51.2 Å². The first-order chi connectivity index (χ1) is 22.7. The van der Waals surface area contributed by atoms with Crippen LogP contribution in [0.5, 0.6) is 0 Å². The molecule has 12 nitrogen and oxygen atoms in total. The topological polar surface area (TPSA) is 197 Å². The first-order valence-corrected chi connectivity index (χ1v) is 23.7. The predicted octanol–water partition coefficient (Wildman–Crippen LogP) is 6.98. The van der Waals surface area contributed by atoms with Gasteiger partial charge in [0.15, 0.2) is 0 Å². The fourth-order valence-electron chi connectivity index (χ4n) is 3.69. The van der Waals surface area contributed by atoms with Gasteiger partial charge < -0.3 is 19.7 Å². The summed E-state index contributed by atoms with van der Waals surface area (Å²) >= 11 is 7.94. The zero-order chi connectivity index (χ0) is 35.7. The lowest BCUT2D eigenvalue weighted by molar-refractivity contribution is -0.110. The molecule has 0 aliphatic heterocycles. The number of carbonyl (C=O) groups excluding carboxylic acids is 2. The molecule has 0 fully saturated rings. The van der Waals surface area contributed by atoms with Crippen molar-refractivity contribution in [3.05, 3.63) is 24.3 Å². The van der Waals surface area contributed by atoms with Crippen molar-refractivity contribution in [2.75, 3.05) is 69.7 Å².